The summed E-state index contributed by atoms with van der Waals surface area (Å²) >= 11 is 0. The molecule has 0 bridgehead atoms. The third kappa shape index (κ3) is 8.59. The van der Waals surface area contributed by atoms with Gasteiger partial charge in [0.15, 0.2) is 0 Å². The van der Waals surface area contributed by atoms with Gasteiger partial charge < -0.3 is 9.84 Å². The number of carbonyl (C=O) groups is 2. The van der Waals surface area contributed by atoms with Crippen LogP contribution in [0.25, 0.3) is 0 Å². The fourth-order valence-corrected chi connectivity index (χ4v) is 0.636. The zero-order valence-corrected chi connectivity index (χ0v) is 7.66. The van der Waals surface area contributed by atoms with Gasteiger partial charge in [0.1, 0.15) is 6.61 Å². The van der Waals surface area contributed by atoms with E-state index >= 15 is 0 Å². The van der Waals surface area contributed by atoms with Crippen molar-refractivity contribution in [3.63, 3.8) is 0 Å². The monoisotopic (exact) mass is 186 g/mol. The van der Waals surface area contributed by atoms with Crippen LogP contribution in [0.3, 0.4) is 0 Å². The molecular formula is C9H14O4. The second-order valence-corrected chi connectivity index (χ2v) is 2.44. The molecular weight excluding hydrogens is 172 g/mol. The van der Waals surface area contributed by atoms with Crippen LogP contribution in [0, 0.1) is 0 Å². The van der Waals surface area contributed by atoms with Gasteiger partial charge in [0.05, 0.1) is 0 Å². The van der Waals surface area contributed by atoms with Crippen molar-refractivity contribution >= 4 is 11.9 Å². The van der Waals surface area contributed by atoms with Crippen LogP contribution in [0.15, 0.2) is 12.2 Å². The number of ether oxygens (including phenoxy) is 1. The molecule has 0 aromatic heterocycles. The first-order chi connectivity index (χ1) is 6.16. The van der Waals surface area contributed by atoms with E-state index in [1.54, 1.807) is 19.1 Å². The van der Waals surface area contributed by atoms with Gasteiger partial charge in [0.2, 0.25) is 0 Å². The van der Waals surface area contributed by atoms with E-state index < -0.39 is 5.97 Å². The summed E-state index contributed by atoms with van der Waals surface area (Å²) in [5.41, 5.74) is 0. The third-order valence-electron chi connectivity index (χ3n) is 1.32. The molecule has 0 saturated carbocycles. The average molecular weight is 186 g/mol. The van der Waals surface area contributed by atoms with Gasteiger partial charge in [-0.25, -0.2) is 0 Å². The molecule has 0 aliphatic carbocycles. The van der Waals surface area contributed by atoms with Gasteiger partial charge in [0.25, 0.3) is 0 Å². The number of allylic oxidation sites excluding steroid dienone is 1. The van der Waals surface area contributed by atoms with Crippen LogP contribution in [0.5, 0.6) is 0 Å². The largest absolute Gasteiger partial charge is 0.481 e. The van der Waals surface area contributed by atoms with Crippen molar-refractivity contribution in [1.29, 1.82) is 0 Å². The van der Waals surface area contributed by atoms with Gasteiger partial charge in [-0.3, -0.25) is 9.59 Å². The van der Waals surface area contributed by atoms with E-state index in [0.717, 1.165) is 0 Å². The van der Waals surface area contributed by atoms with E-state index in [4.69, 9.17) is 9.84 Å². The van der Waals surface area contributed by atoms with Crippen LogP contribution in [-0.2, 0) is 14.3 Å². The van der Waals surface area contributed by atoms with Crippen molar-refractivity contribution in [2.24, 2.45) is 0 Å². The molecule has 0 aromatic carbocycles. The SMILES string of the molecule is CCC(=O)OCC=CCCC(=O)O. The van der Waals surface area contributed by atoms with E-state index in [1.165, 1.54) is 0 Å². The van der Waals surface area contributed by atoms with Crippen molar-refractivity contribution in [2.75, 3.05) is 6.61 Å². The number of esters is 1. The average Bonchev–Trinajstić information content (AvgIpc) is 2.10. The molecule has 0 radical (unpaired) electrons. The lowest BCUT2D eigenvalue weighted by Crippen LogP contribution is -2.01. The number of carbonyl (C=O) groups excluding carboxylic acids is 1. The highest BCUT2D eigenvalue weighted by molar-refractivity contribution is 5.69. The zero-order valence-electron chi connectivity index (χ0n) is 7.66. The fourth-order valence-electron chi connectivity index (χ4n) is 0.636. The maximum atomic E-state index is 10.6. The highest BCUT2D eigenvalue weighted by Crippen LogP contribution is 1.91. The highest BCUT2D eigenvalue weighted by atomic mass is 16.5. The van der Waals surface area contributed by atoms with Crippen LogP contribution in [-0.4, -0.2) is 23.7 Å². The van der Waals surface area contributed by atoms with Crippen molar-refractivity contribution in [2.45, 2.75) is 26.2 Å². The molecule has 0 unspecified atom stereocenters. The molecule has 0 aromatic rings. The van der Waals surface area contributed by atoms with Gasteiger partial charge in [0, 0.05) is 12.8 Å². The maximum absolute atomic E-state index is 10.6. The van der Waals surface area contributed by atoms with Gasteiger partial charge in [-0.2, -0.15) is 0 Å². The van der Waals surface area contributed by atoms with Crippen LogP contribution in [0.4, 0.5) is 0 Å². The number of carboxylic acid groups (broad SMARTS) is 1. The van der Waals surface area contributed by atoms with Gasteiger partial charge in [-0.05, 0) is 6.42 Å². The number of carboxylic acids is 1. The predicted octanol–water partition coefficient (Wildman–Crippen LogP) is 1.36. The molecule has 0 heterocycles. The first-order valence-electron chi connectivity index (χ1n) is 4.19. The quantitative estimate of drug-likeness (QED) is 0.502. The smallest absolute Gasteiger partial charge is 0.305 e. The van der Waals surface area contributed by atoms with E-state index in [1.807, 2.05) is 0 Å². The van der Waals surface area contributed by atoms with Crippen LogP contribution < -0.4 is 0 Å². The Kier molecular flexibility index (Phi) is 6.59. The highest BCUT2D eigenvalue weighted by Gasteiger charge is 1.94. The molecule has 74 valence electrons. The number of aliphatic carboxylic acids is 1. The lowest BCUT2D eigenvalue weighted by Gasteiger charge is -1.96. The van der Waals surface area contributed by atoms with E-state index in [9.17, 15) is 9.59 Å². The van der Waals surface area contributed by atoms with Crippen molar-refractivity contribution in [3.8, 4) is 0 Å². The van der Waals surface area contributed by atoms with E-state index in [2.05, 4.69) is 0 Å². The number of hydrogen-bond acceptors (Lipinski definition) is 3. The summed E-state index contributed by atoms with van der Waals surface area (Å²) in [6.45, 7) is 1.95. The van der Waals surface area contributed by atoms with Crippen LogP contribution >= 0.6 is 0 Å². The molecule has 0 rings (SSSR count). The molecule has 0 aliphatic heterocycles. The summed E-state index contributed by atoms with van der Waals surface area (Å²) in [6, 6.07) is 0. The summed E-state index contributed by atoms with van der Waals surface area (Å²) in [4.78, 5) is 20.7. The van der Waals surface area contributed by atoms with E-state index in [-0.39, 0.29) is 19.0 Å². The Labute approximate surface area is 77.2 Å². The molecule has 0 saturated heterocycles. The minimum atomic E-state index is -0.824. The Morgan fingerprint density at radius 3 is 2.62 bits per heavy atom. The molecule has 0 spiro atoms. The van der Waals surface area contributed by atoms with Crippen molar-refractivity contribution in [3.05, 3.63) is 12.2 Å². The Balaban J connectivity index is 3.31. The van der Waals surface area contributed by atoms with Crippen molar-refractivity contribution in [1.82, 2.24) is 0 Å². The predicted molar refractivity (Wildman–Crippen MR) is 47.3 cm³/mol. The molecule has 4 heteroatoms. The molecule has 0 amide bonds. The lowest BCUT2D eigenvalue weighted by atomic mass is 10.3. The molecule has 0 aliphatic rings. The summed E-state index contributed by atoms with van der Waals surface area (Å²) in [5.74, 6) is -1.07. The second-order valence-electron chi connectivity index (χ2n) is 2.44. The minimum Gasteiger partial charge on any atom is -0.481 e. The van der Waals surface area contributed by atoms with Gasteiger partial charge in [-0.15, -0.1) is 0 Å². The number of hydrogen-bond donors (Lipinski definition) is 1. The first-order valence-corrected chi connectivity index (χ1v) is 4.19. The standard InChI is InChI=1S/C9H14O4/c1-2-9(12)13-7-5-3-4-6-8(10)11/h3,5H,2,4,6-7H2,1H3,(H,10,11). The zero-order chi connectivity index (χ0) is 10.1. The van der Waals surface area contributed by atoms with Crippen LogP contribution in [0.1, 0.15) is 26.2 Å². The Bertz CT molecular complexity index is 196. The second kappa shape index (κ2) is 7.34. The summed E-state index contributed by atoms with van der Waals surface area (Å²) < 4.78 is 4.73. The fraction of sp³-hybridized carbons (Fsp3) is 0.556. The van der Waals surface area contributed by atoms with Gasteiger partial charge in [-0.1, -0.05) is 19.1 Å². The normalized spacial score (nSPS) is 10.2. The molecule has 1 N–H and O–H groups in total. The Morgan fingerprint density at radius 2 is 2.08 bits per heavy atom. The number of rotatable bonds is 6. The topological polar surface area (TPSA) is 63.6 Å². The Morgan fingerprint density at radius 1 is 1.38 bits per heavy atom. The Hall–Kier alpha value is -1.32. The molecule has 13 heavy (non-hydrogen) atoms. The first kappa shape index (κ1) is 11.7. The summed E-state index contributed by atoms with van der Waals surface area (Å²) in [6.07, 6.45) is 4.29. The van der Waals surface area contributed by atoms with E-state index in [0.29, 0.717) is 12.8 Å². The van der Waals surface area contributed by atoms with Crippen molar-refractivity contribution < 1.29 is 19.4 Å². The lowest BCUT2D eigenvalue weighted by molar-refractivity contribution is -0.142. The summed E-state index contributed by atoms with van der Waals surface area (Å²) in [7, 11) is 0. The minimum absolute atomic E-state index is 0.109. The molecule has 0 atom stereocenters. The molecule has 4 nitrogen and oxygen atoms in total. The molecule has 0 fully saturated rings. The van der Waals surface area contributed by atoms with Gasteiger partial charge >= 0.3 is 11.9 Å². The maximum Gasteiger partial charge on any atom is 0.305 e. The van der Waals surface area contributed by atoms with Crippen LogP contribution in [0.2, 0.25) is 0 Å². The summed E-state index contributed by atoms with van der Waals surface area (Å²) in [5, 5.41) is 8.28. The third-order valence-corrected chi connectivity index (χ3v) is 1.32.